The van der Waals surface area contributed by atoms with Crippen LogP contribution in [-0.2, 0) is 0 Å². The molecule has 2 N–H and O–H groups in total. The summed E-state index contributed by atoms with van der Waals surface area (Å²) in [5.41, 5.74) is 0.937. The maximum absolute atomic E-state index is 11.3. The van der Waals surface area contributed by atoms with E-state index in [0.717, 1.165) is 12.0 Å². The minimum atomic E-state index is -0.276. The highest BCUT2D eigenvalue weighted by molar-refractivity contribution is 5.89. The van der Waals surface area contributed by atoms with Gasteiger partial charge in [-0.15, -0.1) is 0 Å². The van der Waals surface area contributed by atoms with Gasteiger partial charge in [0.25, 0.3) is 0 Å². The van der Waals surface area contributed by atoms with Gasteiger partial charge in [0, 0.05) is 12.4 Å². The molecule has 15 heavy (non-hydrogen) atoms. The second-order valence-corrected chi connectivity index (χ2v) is 3.08. The number of aryl methyl sites for hydroxylation is 1. The fraction of sp³-hybridized carbons (Fsp3) is 0.273. The Morgan fingerprint density at radius 3 is 3.07 bits per heavy atom. The summed E-state index contributed by atoms with van der Waals surface area (Å²) in [6, 6.07) is 3.45. The molecule has 0 saturated carbocycles. The summed E-state index contributed by atoms with van der Waals surface area (Å²) in [6.07, 6.45) is 6.02. The van der Waals surface area contributed by atoms with Crippen molar-refractivity contribution < 1.29 is 4.79 Å². The molecule has 1 rings (SSSR count). The van der Waals surface area contributed by atoms with Crippen LogP contribution in [0.25, 0.3) is 0 Å². The lowest BCUT2D eigenvalue weighted by atomic mass is 10.3. The maximum atomic E-state index is 11.3. The minimum absolute atomic E-state index is 0.276. The third-order valence-corrected chi connectivity index (χ3v) is 1.81. The molecule has 1 aromatic heterocycles. The number of urea groups is 1. The van der Waals surface area contributed by atoms with E-state index in [-0.39, 0.29) is 6.03 Å². The third-order valence-electron chi connectivity index (χ3n) is 1.81. The van der Waals surface area contributed by atoms with E-state index in [9.17, 15) is 4.79 Å². The van der Waals surface area contributed by atoms with Gasteiger partial charge in [-0.2, -0.15) is 0 Å². The Hall–Kier alpha value is -1.84. The van der Waals surface area contributed by atoms with Crippen LogP contribution in [-0.4, -0.2) is 11.0 Å². The van der Waals surface area contributed by atoms with Crippen molar-refractivity contribution in [1.82, 2.24) is 10.3 Å². The first-order chi connectivity index (χ1) is 7.24. The van der Waals surface area contributed by atoms with E-state index in [1.807, 2.05) is 32.1 Å². The van der Waals surface area contributed by atoms with Crippen LogP contribution in [0, 0.1) is 6.92 Å². The van der Waals surface area contributed by atoms with Crippen LogP contribution in [0.1, 0.15) is 18.9 Å². The van der Waals surface area contributed by atoms with Crippen LogP contribution >= 0.6 is 0 Å². The molecule has 0 aliphatic heterocycles. The molecule has 0 bridgehead atoms. The number of carbonyl (C=O) groups excluding carboxylic acids is 1. The zero-order valence-corrected chi connectivity index (χ0v) is 8.95. The Balaban J connectivity index is 2.52. The van der Waals surface area contributed by atoms with Crippen LogP contribution in [0.15, 0.2) is 30.6 Å². The highest BCUT2D eigenvalue weighted by Gasteiger charge is 2.01. The number of pyridine rings is 1. The van der Waals surface area contributed by atoms with Gasteiger partial charge in [0.15, 0.2) is 0 Å². The van der Waals surface area contributed by atoms with E-state index >= 15 is 0 Å². The number of rotatable bonds is 3. The molecule has 80 valence electrons. The maximum Gasteiger partial charge on any atom is 0.324 e. The number of hydrogen-bond donors (Lipinski definition) is 2. The third kappa shape index (κ3) is 3.81. The molecule has 0 fully saturated rings. The van der Waals surface area contributed by atoms with Gasteiger partial charge in [-0.25, -0.2) is 9.78 Å². The monoisotopic (exact) mass is 205 g/mol. The predicted octanol–water partition coefficient (Wildman–Crippen LogP) is 2.44. The van der Waals surface area contributed by atoms with Crippen LogP contribution in [0.4, 0.5) is 10.6 Å². The summed E-state index contributed by atoms with van der Waals surface area (Å²) in [4.78, 5) is 15.4. The molecule has 4 heteroatoms. The van der Waals surface area contributed by atoms with Crippen molar-refractivity contribution in [3.63, 3.8) is 0 Å². The van der Waals surface area contributed by atoms with E-state index in [0.29, 0.717) is 5.82 Å². The fourth-order valence-corrected chi connectivity index (χ4v) is 1.01. The first-order valence-corrected chi connectivity index (χ1v) is 4.88. The Labute approximate surface area is 89.4 Å². The van der Waals surface area contributed by atoms with Crippen LogP contribution in [0.5, 0.6) is 0 Å². The van der Waals surface area contributed by atoms with Gasteiger partial charge in [-0.1, -0.05) is 19.1 Å². The number of hydrogen-bond acceptors (Lipinski definition) is 2. The van der Waals surface area contributed by atoms with E-state index in [4.69, 9.17) is 0 Å². The van der Waals surface area contributed by atoms with Crippen molar-refractivity contribution in [2.24, 2.45) is 0 Å². The van der Waals surface area contributed by atoms with Gasteiger partial charge in [-0.3, -0.25) is 5.32 Å². The lowest BCUT2D eigenvalue weighted by molar-refractivity contribution is 0.255. The van der Waals surface area contributed by atoms with Crippen molar-refractivity contribution in [3.8, 4) is 0 Å². The van der Waals surface area contributed by atoms with Crippen molar-refractivity contribution in [1.29, 1.82) is 0 Å². The Bertz CT molecular complexity index is 361. The van der Waals surface area contributed by atoms with Crippen LogP contribution in [0.2, 0.25) is 0 Å². The molecule has 0 aromatic carbocycles. The Morgan fingerprint density at radius 1 is 1.60 bits per heavy atom. The van der Waals surface area contributed by atoms with E-state index < -0.39 is 0 Å². The van der Waals surface area contributed by atoms with Crippen LogP contribution in [0.3, 0.4) is 0 Å². The van der Waals surface area contributed by atoms with Gasteiger partial charge >= 0.3 is 6.03 Å². The summed E-state index contributed by atoms with van der Waals surface area (Å²) >= 11 is 0. The molecule has 0 aliphatic rings. The molecular formula is C11H15N3O. The van der Waals surface area contributed by atoms with Crippen LogP contribution < -0.4 is 10.6 Å². The van der Waals surface area contributed by atoms with Crippen molar-refractivity contribution in [2.45, 2.75) is 20.3 Å². The molecule has 0 spiro atoms. The average molecular weight is 205 g/mol. The molecule has 0 aliphatic carbocycles. The molecule has 2 amide bonds. The van der Waals surface area contributed by atoms with Gasteiger partial charge in [0.2, 0.25) is 0 Å². The molecule has 0 saturated heterocycles. The first kappa shape index (κ1) is 11.2. The van der Waals surface area contributed by atoms with Gasteiger partial charge in [-0.05, 0) is 25.0 Å². The van der Waals surface area contributed by atoms with Gasteiger partial charge in [0.1, 0.15) is 5.82 Å². The Kier molecular flexibility index (Phi) is 4.34. The first-order valence-electron chi connectivity index (χ1n) is 4.88. The van der Waals surface area contributed by atoms with Crippen molar-refractivity contribution >= 4 is 11.8 Å². The highest BCUT2D eigenvalue weighted by Crippen LogP contribution is 2.08. The summed E-state index contributed by atoms with van der Waals surface area (Å²) in [6.45, 7) is 3.89. The SMILES string of the molecule is CC/C=C/NC(=O)Nc1ncccc1C. The number of allylic oxidation sites excluding steroid dienone is 1. The summed E-state index contributed by atoms with van der Waals surface area (Å²) < 4.78 is 0. The summed E-state index contributed by atoms with van der Waals surface area (Å²) in [5, 5.41) is 5.25. The normalized spacial score (nSPS) is 10.3. The summed E-state index contributed by atoms with van der Waals surface area (Å²) in [7, 11) is 0. The number of aromatic nitrogens is 1. The molecule has 0 radical (unpaired) electrons. The average Bonchev–Trinajstić information content (AvgIpc) is 2.22. The standard InChI is InChI=1S/C11H15N3O/c1-3-4-7-13-11(15)14-10-9(2)6-5-8-12-10/h4-8H,3H2,1-2H3,(H2,12,13,14,15)/b7-4+. The smallest absolute Gasteiger partial charge is 0.315 e. The second-order valence-electron chi connectivity index (χ2n) is 3.08. The fourth-order valence-electron chi connectivity index (χ4n) is 1.01. The van der Waals surface area contributed by atoms with E-state index in [1.165, 1.54) is 0 Å². The Morgan fingerprint density at radius 2 is 2.40 bits per heavy atom. The number of nitrogens with zero attached hydrogens (tertiary/aromatic N) is 1. The number of amides is 2. The summed E-state index contributed by atoms with van der Waals surface area (Å²) in [5.74, 6) is 0.583. The number of carbonyl (C=O) groups is 1. The van der Waals surface area contributed by atoms with E-state index in [1.54, 1.807) is 12.4 Å². The minimum Gasteiger partial charge on any atom is -0.315 e. The lowest BCUT2D eigenvalue weighted by Crippen LogP contribution is -2.24. The van der Waals surface area contributed by atoms with Gasteiger partial charge < -0.3 is 5.32 Å². The zero-order valence-electron chi connectivity index (χ0n) is 8.95. The largest absolute Gasteiger partial charge is 0.324 e. The molecule has 4 nitrogen and oxygen atoms in total. The molecule has 0 atom stereocenters. The second kappa shape index (κ2) is 5.80. The predicted molar refractivity (Wildman–Crippen MR) is 60.6 cm³/mol. The number of anilines is 1. The molecular weight excluding hydrogens is 190 g/mol. The highest BCUT2D eigenvalue weighted by atomic mass is 16.2. The quantitative estimate of drug-likeness (QED) is 0.796. The molecule has 1 heterocycles. The molecule has 0 unspecified atom stereocenters. The van der Waals surface area contributed by atoms with E-state index in [2.05, 4.69) is 15.6 Å². The number of nitrogens with one attached hydrogen (secondary N) is 2. The topological polar surface area (TPSA) is 54.0 Å². The lowest BCUT2D eigenvalue weighted by Gasteiger charge is -2.05. The van der Waals surface area contributed by atoms with Crippen molar-refractivity contribution in [2.75, 3.05) is 5.32 Å². The van der Waals surface area contributed by atoms with Gasteiger partial charge in [0.05, 0.1) is 0 Å². The van der Waals surface area contributed by atoms with Crippen molar-refractivity contribution in [3.05, 3.63) is 36.2 Å². The zero-order chi connectivity index (χ0) is 11.1. The molecule has 1 aromatic rings.